The topological polar surface area (TPSA) is 93.1 Å². The molecule has 1 rings (SSSR count). The number of amides is 1. The monoisotopic (exact) mass is 245 g/mol. The normalized spacial score (nSPS) is 28.4. The van der Waals surface area contributed by atoms with Crippen LogP contribution in [-0.4, -0.2) is 60.8 Å². The van der Waals surface area contributed by atoms with E-state index < -0.39 is 30.1 Å². The number of likely N-dealkylation sites (tertiary alicyclic amines) is 1. The van der Waals surface area contributed by atoms with Crippen molar-refractivity contribution in [2.45, 2.75) is 31.0 Å². The van der Waals surface area contributed by atoms with E-state index in [2.05, 4.69) is 9.47 Å². The molecule has 7 heteroatoms. The van der Waals surface area contributed by atoms with Crippen LogP contribution in [0.15, 0.2) is 0 Å². The molecule has 1 saturated heterocycles. The SMILES string of the molecule is COC(=O)[C@H]1CC(O)C[C@@H](C(=O)OC)N1C=O. The summed E-state index contributed by atoms with van der Waals surface area (Å²) in [5, 5.41) is 9.59. The number of methoxy groups -OCH3 is 2. The summed E-state index contributed by atoms with van der Waals surface area (Å²) >= 11 is 0. The first kappa shape index (κ1) is 13.4. The van der Waals surface area contributed by atoms with Crippen molar-refractivity contribution >= 4 is 18.3 Å². The van der Waals surface area contributed by atoms with Gasteiger partial charge in [0.25, 0.3) is 0 Å². The second-order valence-corrected chi connectivity index (χ2v) is 3.76. The second kappa shape index (κ2) is 5.62. The van der Waals surface area contributed by atoms with Crippen molar-refractivity contribution in [2.24, 2.45) is 0 Å². The number of ether oxygens (including phenoxy) is 2. The van der Waals surface area contributed by atoms with Crippen molar-refractivity contribution in [3.63, 3.8) is 0 Å². The molecule has 0 aromatic carbocycles. The van der Waals surface area contributed by atoms with E-state index in [1.165, 1.54) is 14.2 Å². The number of nitrogens with zero attached hydrogens (tertiary/aromatic N) is 1. The van der Waals surface area contributed by atoms with Gasteiger partial charge in [-0.3, -0.25) is 4.79 Å². The number of esters is 2. The van der Waals surface area contributed by atoms with Crippen LogP contribution in [0.25, 0.3) is 0 Å². The summed E-state index contributed by atoms with van der Waals surface area (Å²) in [4.78, 5) is 34.9. The molecule has 1 unspecified atom stereocenters. The van der Waals surface area contributed by atoms with Crippen LogP contribution < -0.4 is 0 Å². The number of hydrogen-bond acceptors (Lipinski definition) is 6. The molecule has 0 bridgehead atoms. The third kappa shape index (κ3) is 2.73. The molecule has 1 heterocycles. The fourth-order valence-electron chi connectivity index (χ4n) is 1.93. The van der Waals surface area contributed by atoms with Gasteiger partial charge in [-0.2, -0.15) is 0 Å². The molecule has 7 nitrogen and oxygen atoms in total. The average molecular weight is 245 g/mol. The van der Waals surface area contributed by atoms with Gasteiger partial charge in [0.1, 0.15) is 12.1 Å². The summed E-state index contributed by atoms with van der Waals surface area (Å²) in [6.45, 7) is 0. The average Bonchev–Trinajstić information content (AvgIpc) is 2.35. The van der Waals surface area contributed by atoms with Gasteiger partial charge in [0, 0.05) is 12.8 Å². The van der Waals surface area contributed by atoms with E-state index in [1.807, 2.05) is 0 Å². The van der Waals surface area contributed by atoms with Gasteiger partial charge in [-0.15, -0.1) is 0 Å². The highest BCUT2D eigenvalue weighted by atomic mass is 16.5. The first-order valence-electron chi connectivity index (χ1n) is 5.11. The van der Waals surface area contributed by atoms with E-state index in [9.17, 15) is 19.5 Å². The van der Waals surface area contributed by atoms with Gasteiger partial charge in [0.05, 0.1) is 20.3 Å². The molecule has 0 aromatic rings. The lowest BCUT2D eigenvalue weighted by Gasteiger charge is -2.38. The van der Waals surface area contributed by atoms with Crippen LogP contribution in [0.3, 0.4) is 0 Å². The molecule has 0 spiro atoms. The third-order valence-electron chi connectivity index (χ3n) is 2.78. The number of piperidine rings is 1. The molecule has 1 aliphatic heterocycles. The Kier molecular flexibility index (Phi) is 4.45. The van der Waals surface area contributed by atoms with Crippen LogP contribution in [-0.2, 0) is 23.9 Å². The van der Waals surface area contributed by atoms with Gasteiger partial charge < -0.3 is 19.5 Å². The Labute approximate surface area is 98.3 Å². The minimum absolute atomic E-state index is 0.0545. The molecule has 0 radical (unpaired) electrons. The molecule has 0 aromatic heterocycles. The highest BCUT2D eigenvalue weighted by Crippen LogP contribution is 2.23. The van der Waals surface area contributed by atoms with Gasteiger partial charge in [-0.1, -0.05) is 0 Å². The standard InChI is InChI=1S/C10H15NO6/c1-16-9(14)7-3-6(13)4-8(10(15)17-2)11(7)5-12/h5-8,13H,3-4H2,1-2H3/t6?,7-,8+. The number of aliphatic hydroxyl groups is 1. The predicted molar refractivity (Wildman–Crippen MR) is 54.8 cm³/mol. The van der Waals surface area contributed by atoms with Crippen molar-refractivity contribution in [3.05, 3.63) is 0 Å². The van der Waals surface area contributed by atoms with E-state index in [0.717, 1.165) is 4.90 Å². The fraction of sp³-hybridized carbons (Fsp3) is 0.700. The summed E-state index contributed by atoms with van der Waals surface area (Å²) in [7, 11) is 2.36. The highest BCUT2D eigenvalue weighted by Gasteiger charge is 2.42. The molecule has 3 atom stereocenters. The number of hydrogen-bond donors (Lipinski definition) is 1. The lowest BCUT2D eigenvalue weighted by atomic mass is 9.93. The van der Waals surface area contributed by atoms with Gasteiger partial charge in [0.15, 0.2) is 0 Å². The predicted octanol–water partition coefficient (Wildman–Crippen LogP) is -1.32. The van der Waals surface area contributed by atoms with Crippen molar-refractivity contribution < 1.29 is 29.0 Å². The minimum Gasteiger partial charge on any atom is -0.467 e. The Morgan fingerprint density at radius 3 is 1.88 bits per heavy atom. The van der Waals surface area contributed by atoms with Crippen molar-refractivity contribution in [1.82, 2.24) is 4.90 Å². The molecule has 1 fully saturated rings. The van der Waals surface area contributed by atoms with E-state index in [-0.39, 0.29) is 12.8 Å². The maximum atomic E-state index is 11.5. The Bertz CT molecular complexity index is 292. The summed E-state index contributed by atoms with van der Waals surface area (Å²) in [5.41, 5.74) is 0. The summed E-state index contributed by atoms with van der Waals surface area (Å²) < 4.78 is 9.06. The number of carbonyl (C=O) groups excluding carboxylic acids is 3. The third-order valence-corrected chi connectivity index (χ3v) is 2.78. The van der Waals surface area contributed by atoms with E-state index in [4.69, 9.17) is 0 Å². The Hall–Kier alpha value is -1.63. The zero-order valence-corrected chi connectivity index (χ0v) is 9.66. The largest absolute Gasteiger partial charge is 0.467 e. The van der Waals surface area contributed by atoms with Crippen LogP contribution in [0, 0.1) is 0 Å². The highest BCUT2D eigenvalue weighted by molar-refractivity contribution is 5.84. The lowest BCUT2D eigenvalue weighted by molar-refractivity contribution is -0.164. The molecule has 0 aliphatic carbocycles. The molecule has 1 aliphatic rings. The minimum atomic E-state index is -0.953. The van der Waals surface area contributed by atoms with E-state index in [1.54, 1.807) is 0 Å². The van der Waals surface area contributed by atoms with Crippen LogP contribution in [0.5, 0.6) is 0 Å². The molecular formula is C10H15NO6. The molecular weight excluding hydrogens is 230 g/mol. The van der Waals surface area contributed by atoms with Crippen molar-refractivity contribution in [1.29, 1.82) is 0 Å². The maximum absolute atomic E-state index is 11.5. The second-order valence-electron chi connectivity index (χ2n) is 3.76. The summed E-state index contributed by atoms with van der Waals surface area (Å²) in [6, 6.07) is -1.91. The lowest BCUT2D eigenvalue weighted by Crippen LogP contribution is -2.56. The molecule has 17 heavy (non-hydrogen) atoms. The smallest absolute Gasteiger partial charge is 0.328 e. The van der Waals surface area contributed by atoms with Crippen LogP contribution in [0.1, 0.15) is 12.8 Å². The van der Waals surface area contributed by atoms with Gasteiger partial charge in [0.2, 0.25) is 6.41 Å². The molecule has 0 saturated carbocycles. The quantitative estimate of drug-likeness (QED) is 0.490. The van der Waals surface area contributed by atoms with E-state index in [0.29, 0.717) is 6.41 Å². The molecule has 96 valence electrons. The maximum Gasteiger partial charge on any atom is 0.328 e. The first-order chi connectivity index (χ1) is 8.04. The van der Waals surface area contributed by atoms with E-state index >= 15 is 0 Å². The van der Waals surface area contributed by atoms with Gasteiger partial charge in [-0.05, 0) is 0 Å². The van der Waals surface area contributed by atoms with Crippen molar-refractivity contribution in [2.75, 3.05) is 14.2 Å². The number of rotatable bonds is 3. The summed E-state index contributed by atoms with van der Waals surface area (Å²) in [6.07, 6.45) is -0.341. The van der Waals surface area contributed by atoms with Crippen molar-refractivity contribution in [3.8, 4) is 0 Å². The van der Waals surface area contributed by atoms with Crippen LogP contribution in [0.4, 0.5) is 0 Å². The van der Waals surface area contributed by atoms with Crippen LogP contribution in [0.2, 0.25) is 0 Å². The van der Waals surface area contributed by atoms with Gasteiger partial charge in [-0.25, -0.2) is 9.59 Å². The first-order valence-corrected chi connectivity index (χ1v) is 5.11. The molecule has 1 amide bonds. The Morgan fingerprint density at radius 2 is 1.59 bits per heavy atom. The Balaban J connectivity index is 2.94. The number of aliphatic hydroxyl groups excluding tert-OH is 1. The van der Waals surface area contributed by atoms with Crippen LogP contribution >= 0.6 is 0 Å². The zero-order valence-electron chi connectivity index (χ0n) is 9.66. The molecule has 1 N–H and O–H groups in total. The Morgan fingerprint density at radius 1 is 1.18 bits per heavy atom. The zero-order chi connectivity index (χ0) is 13.0. The fourth-order valence-corrected chi connectivity index (χ4v) is 1.93. The van der Waals surface area contributed by atoms with Gasteiger partial charge >= 0.3 is 11.9 Å². The number of carbonyl (C=O) groups is 3. The summed E-state index contributed by atoms with van der Waals surface area (Å²) in [5.74, 6) is -1.32.